The number of carbonyl (C=O) groups is 1. The maximum Gasteiger partial charge on any atom is 0.222 e. The number of carbonyl (C=O) groups excluding carboxylic acids is 1. The largest absolute Gasteiger partial charge is 0.376 e. The average Bonchev–Trinajstić information content (AvgIpc) is 3.09. The summed E-state index contributed by atoms with van der Waals surface area (Å²) < 4.78 is 5.88. The Bertz CT molecular complexity index is 482. The number of hydrogen-bond acceptors (Lipinski definition) is 2. The van der Waals surface area contributed by atoms with Gasteiger partial charge in [-0.1, -0.05) is 43.2 Å². The molecular weight excluding hydrogens is 286 g/mol. The molecule has 1 aliphatic carbocycles. The van der Waals surface area contributed by atoms with Gasteiger partial charge in [-0.3, -0.25) is 4.79 Å². The highest BCUT2D eigenvalue weighted by atomic mass is 16.5. The summed E-state index contributed by atoms with van der Waals surface area (Å²) in [6.45, 7) is 3.27. The molecule has 1 aromatic rings. The molecule has 1 aromatic carbocycles. The molecule has 0 aromatic heterocycles. The van der Waals surface area contributed by atoms with E-state index < -0.39 is 0 Å². The van der Waals surface area contributed by atoms with E-state index in [9.17, 15) is 4.79 Å². The van der Waals surface area contributed by atoms with Gasteiger partial charge in [-0.15, -0.1) is 0 Å². The van der Waals surface area contributed by atoms with Gasteiger partial charge in [-0.2, -0.15) is 0 Å². The van der Waals surface area contributed by atoms with Gasteiger partial charge in [0.2, 0.25) is 5.91 Å². The summed E-state index contributed by atoms with van der Waals surface area (Å²) in [5, 5.41) is 0. The van der Waals surface area contributed by atoms with Crippen LogP contribution in [0.3, 0.4) is 0 Å². The fourth-order valence-electron chi connectivity index (χ4n) is 3.94. The van der Waals surface area contributed by atoms with Crippen LogP contribution in [0.15, 0.2) is 30.3 Å². The highest BCUT2D eigenvalue weighted by molar-refractivity contribution is 5.76. The SMILES string of the molecule is O=C(CC1CCCC1)N1CCCC(COCc2ccccc2)C1. The van der Waals surface area contributed by atoms with Crippen LogP contribution in [0.5, 0.6) is 0 Å². The molecular formula is C20H29NO2. The number of hydrogen-bond donors (Lipinski definition) is 0. The van der Waals surface area contributed by atoms with E-state index in [2.05, 4.69) is 17.0 Å². The van der Waals surface area contributed by atoms with E-state index in [1.165, 1.54) is 37.7 Å². The molecule has 3 rings (SSSR count). The fourth-order valence-corrected chi connectivity index (χ4v) is 3.94. The van der Waals surface area contributed by atoms with Crippen LogP contribution in [0.4, 0.5) is 0 Å². The lowest BCUT2D eigenvalue weighted by Gasteiger charge is -2.33. The van der Waals surface area contributed by atoms with Crippen molar-refractivity contribution in [3.8, 4) is 0 Å². The van der Waals surface area contributed by atoms with Gasteiger partial charge >= 0.3 is 0 Å². The second-order valence-electron chi connectivity index (χ2n) is 7.20. The highest BCUT2D eigenvalue weighted by Crippen LogP contribution is 2.29. The molecule has 0 radical (unpaired) electrons. The lowest BCUT2D eigenvalue weighted by molar-refractivity contribution is -0.134. The minimum atomic E-state index is 0.379. The predicted molar refractivity (Wildman–Crippen MR) is 92.0 cm³/mol. The standard InChI is InChI=1S/C20H29NO2/c22-20(13-17-7-4-5-8-17)21-12-6-11-19(14-21)16-23-15-18-9-2-1-3-10-18/h1-3,9-10,17,19H,4-8,11-16H2. The van der Waals surface area contributed by atoms with Crippen LogP contribution in [0.1, 0.15) is 50.5 Å². The van der Waals surface area contributed by atoms with E-state index >= 15 is 0 Å². The third-order valence-corrected chi connectivity index (χ3v) is 5.27. The van der Waals surface area contributed by atoms with Crippen LogP contribution in [0, 0.1) is 11.8 Å². The summed E-state index contributed by atoms with van der Waals surface area (Å²) in [5.41, 5.74) is 1.22. The zero-order valence-corrected chi connectivity index (χ0v) is 14.1. The number of benzene rings is 1. The molecule has 1 atom stereocenters. The Morgan fingerprint density at radius 3 is 2.57 bits per heavy atom. The summed E-state index contributed by atoms with van der Waals surface area (Å²) in [6.07, 6.45) is 8.21. The first-order valence-corrected chi connectivity index (χ1v) is 9.20. The summed E-state index contributed by atoms with van der Waals surface area (Å²) >= 11 is 0. The van der Waals surface area contributed by atoms with Crippen molar-refractivity contribution in [2.45, 2.75) is 51.6 Å². The van der Waals surface area contributed by atoms with Crippen molar-refractivity contribution >= 4 is 5.91 Å². The quantitative estimate of drug-likeness (QED) is 0.793. The molecule has 1 heterocycles. The minimum Gasteiger partial charge on any atom is -0.376 e. The number of rotatable bonds is 6. The fraction of sp³-hybridized carbons (Fsp3) is 0.650. The second-order valence-corrected chi connectivity index (χ2v) is 7.20. The maximum atomic E-state index is 12.5. The Hall–Kier alpha value is -1.35. The van der Waals surface area contributed by atoms with Crippen molar-refractivity contribution in [2.75, 3.05) is 19.7 Å². The Labute approximate surface area is 140 Å². The van der Waals surface area contributed by atoms with Gasteiger partial charge in [0.25, 0.3) is 0 Å². The molecule has 23 heavy (non-hydrogen) atoms. The Morgan fingerprint density at radius 2 is 1.78 bits per heavy atom. The molecule has 1 amide bonds. The summed E-state index contributed by atoms with van der Waals surface area (Å²) in [4.78, 5) is 14.6. The van der Waals surface area contributed by atoms with E-state index in [4.69, 9.17) is 4.74 Å². The van der Waals surface area contributed by atoms with Crippen molar-refractivity contribution < 1.29 is 9.53 Å². The van der Waals surface area contributed by atoms with E-state index in [0.29, 0.717) is 24.3 Å². The average molecular weight is 315 g/mol. The maximum absolute atomic E-state index is 12.5. The van der Waals surface area contributed by atoms with E-state index in [1.807, 2.05) is 18.2 Å². The second kappa shape index (κ2) is 8.49. The van der Waals surface area contributed by atoms with E-state index in [1.54, 1.807) is 0 Å². The van der Waals surface area contributed by atoms with E-state index in [0.717, 1.165) is 32.5 Å². The third-order valence-electron chi connectivity index (χ3n) is 5.27. The summed E-state index contributed by atoms with van der Waals surface area (Å²) in [5.74, 6) is 1.53. The number of piperidine rings is 1. The van der Waals surface area contributed by atoms with Gasteiger partial charge in [0.1, 0.15) is 0 Å². The topological polar surface area (TPSA) is 29.5 Å². The van der Waals surface area contributed by atoms with Crippen molar-refractivity contribution in [3.05, 3.63) is 35.9 Å². The number of likely N-dealkylation sites (tertiary alicyclic amines) is 1. The smallest absolute Gasteiger partial charge is 0.222 e. The summed E-state index contributed by atoms with van der Waals surface area (Å²) in [7, 11) is 0. The van der Waals surface area contributed by atoms with Crippen molar-refractivity contribution in [1.82, 2.24) is 4.90 Å². The van der Waals surface area contributed by atoms with Gasteiger partial charge in [-0.25, -0.2) is 0 Å². The van der Waals surface area contributed by atoms with Gasteiger partial charge < -0.3 is 9.64 Å². The Morgan fingerprint density at radius 1 is 1.04 bits per heavy atom. The molecule has 2 fully saturated rings. The first-order valence-electron chi connectivity index (χ1n) is 9.20. The first kappa shape index (κ1) is 16.5. The lowest BCUT2D eigenvalue weighted by atomic mass is 9.97. The molecule has 1 saturated heterocycles. The third kappa shape index (κ3) is 5.07. The highest BCUT2D eigenvalue weighted by Gasteiger charge is 2.26. The van der Waals surface area contributed by atoms with Crippen LogP contribution in [-0.4, -0.2) is 30.5 Å². The van der Waals surface area contributed by atoms with Gasteiger partial charge in [-0.05, 0) is 43.1 Å². The molecule has 1 saturated carbocycles. The monoisotopic (exact) mass is 315 g/mol. The Balaban J connectivity index is 1.39. The molecule has 1 unspecified atom stereocenters. The molecule has 0 N–H and O–H groups in total. The molecule has 0 bridgehead atoms. The zero-order chi connectivity index (χ0) is 15.9. The Kier molecular flexibility index (Phi) is 6.09. The van der Waals surface area contributed by atoms with Gasteiger partial charge in [0.05, 0.1) is 13.2 Å². The summed E-state index contributed by atoms with van der Waals surface area (Å²) in [6, 6.07) is 10.3. The normalized spacial score (nSPS) is 22.4. The predicted octanol–water partition coefficient (Wildman–Crippen LogP) is 4.02. The van der Waals surface area contributed by atoms with Crippen LogP contribution in [-0.2, 0) is 16.1 Å². The zero-order valence-electron chi connectivity index (χ0n) is 14.1. The molecule has 0 spiro atoms. The van der Waals surface area contributed by atoms with Crippen molar-refractivity contribution in [2.24, 2.45) is 11.8 Å². The molecule has 126 valence electrons. The van der Waals surface area contributed by atoms with Crippen LogP contribution < -0.4 is 0 Å². The van der Waals surface area contributed by atoms with E-state index in [-0.39, 0.29) is 0 Å². The van der Waals surface area contributed by atoms with Gasteiger partial charge in [0, 0.05) is 19.5 Å². The first-order chi connectivity index (χ1) is 11.3. The number of nitrogens with zero attached hydrogens (tertiary/aromatic N) is 1. The van der Waals surface area contributed by atoms with Crippen LogP contribution in [0.25, 0.3) is 0 Å². The molecule has 3 nitrogen and oxygen atoms in total. The van der Waals surface area contributed by atoms with Crippen LogP contribution in [0.2, 0.25) is 0 Å². The minimum absolute atomic E-state index is 0.379. The van der Waals surface area contributed by atoms with Crippen molar-refractivity contribution in [1.29, 1.82) is 0 Å². The lowest BCUT2D eigenvalue weighted by Crippen LogP contribution is -2.41. The molecule has 1 aliphatic heterocycles. The number of amides is 1. The van der Waals surface area contributed by atoms with Crippen LogP contribution >= 0.6 is 0 Å². The van der Waals surface area contributed by atoms with Gasteiger partial charge in [0.15, 0.2) is 0 Å². The molecule has 3 heteroatoms. The molecule has 2 aliphatic rings. The van der Waals surface area contributed by atoms with Crippen molar-refractivity contribution in [3.63, 3.8) is 0 Å². The number of ether oxygens (including phenoxy) is 1.